The van der Waals surface area contributed by atoms with Crippen molar-refractivity contribution in [3.05, 3.63) is 29.6 Å². The van der Waals surface area contributed by atoms with Crippen LogP contribution in [-0.4, -0.2) is 11.5 Å². The molecule has 0 amide bonds. The third-order valence-corrected chi connectivity index (χ3v) is 5.20. The first-order valence-corrected chi connectivity index (χ1v) is 7.92. The van der Waals surface area contributed by atoms with Crippen molar-refractivity contribution < 1.29 is 0 Å². The molecule has 3 rings (SSSR count). The van der Waals surface area contributed by atoms with Gasteiger partial charge in [0.2, 0.25) is 0 Å². The number of fused-ring (bicyclic) bond motifs is 2. The fourth-order valence-corrected chi connectivity index (χ4v) is 4.34. The van der Waals surface area contributed by atoms with Crippen LogP contribution in [0.4, 0.5) is 0 Å². The summed E-state index contributed by atoms with van der Waals surface area (Å²) < 4.78 is 0. The van der Waals surface area contributed by atoms with Crippen LogP contribution >= 0.6 is 0 Å². The molecule has 2 nitrogen and oxygen atoms in total. The van der Waals surface area contributed by atoms with Gasteiger partial charge in [0.1, 0.15) is 0 Å². The Labute approximate surface area is 117 Å². The Bertz CT molecular complexity index is 429. The molecule has 0 radical (unpaired) electrons. The minimum absolute atomic E-state index is 0.524. The monoisotopic (exact) mass is 258 g/mol. The minimum Gasteiger partial charge on any atom is -0.310 e. The zero-order chi connectivity index (χ0) is 13.2. The molecule has 2 aliphatic carbocycles. The highest BCUT2D eigenvalue weighted by Crippen LogP contribution is 2.50. The summed E-state index contributed by atoms with van der Waals surface area (Å²) in [6.07, 6.45) is 9.26. The number of aromatic nitrogens is 1. The van der Waals surface area contributed by atoms with E-state index in [0.717, 1.165) is 30.0 Å². The molecule has 1 heterocycles. The summed E-state index contributed by atoms with van der Waals surface area (Å²) in [5, 5.41) is 3.68. The summed E-state index contributed by atoms with van der Waals surface area (Å²) in [4.78, 5) is 4.32. The number of rotatable bonds is 5. The summed E-state index contributed by atoms with van der Waals surface area (Å²) in [6, 6.07) is 4.96. The number of hydrogen-bond donors (Lipinski definition) is 1. The standard InChI is InChI=1S/C17H26N2/c1-3-18-17(15-6-7-19-12(2)8-15)11-16-10-13-4-5-14(16)9-13/h6-8,13-14,16-18H,3-5,9-11H2,1-2H3. The molecular weight excluding hydrogens is 232 g/mol. The number of pyridine rings is 1. The molecule has 4 atom stereocenters. The van der Waals surface area contributed by atoms with Crippen LogP contribution in [0.5, 0.6) is 0 Å². The molecule has 2 aliphatic rings. The summed E-state index contributed by atoms with van der Waals surface area (Å²) in [7, 11) is 0. The van der Waals surface area contributed by atoms with E-state index >= 15 is 0 Å². The van der Waals surface area contributed by atoms with E-state index in [9.17, 15) is 0 Å². The van der Waals surface area contributed by atoms with Crippen LogP contribution in [0.25, 0.3) is 0 Å². The normalized spacial score (nSPS) is 30.7. The quantitative estimate of drug-likeness (QED) is 0.867. The van der Waals surface area contributed by atoms with Crippen molar-refractivity contribution in [3.63, 3.8) is 0 Å². The molecular formula is C17H26N2. The first-order chi connectivity index (χ1) is 9.26. The van der Waals surface area contributed by atoms with E-state index < -0.39 is 0 Å². The Morgan fingerprint density at radius 2 is 2.26 bits per heavy atom. The maximum Gasteiger partial charge on any atom is 0.0375 e. The molecule has 2 saturated carbocycles. The highest BCUT2D eigenvalue weighted by molar-refractivity contribution is 5.19. The van der Waals surface area contributed by atoms with Gasteiger partial charge in [-0.05, 0) is 74.6 Å². The van der Waals surface area contributed by atoms with Crippen molar-refractivity contribution in [2.75, 3.05) is 6.54 Å². The number of aryl methyl sites for hydroxylation is 1. The van der Waals surface area contributed by atoms with E-state index in [2.05, 4.69) is 36.3 Å². The fourth-order valence-electron chi connectivity index (χ4n) is 4.34. The van der Waals surface area contributed by atoms with Crippen molar-refractivity contribution in [3.8, 4) is 0 Å². The summed E-state index contributed by atoms with van der Waals surface area (Å²) >= 11 is 0. The van der Waals surface area contributed by atoms with Gasteiger partial charge < -0.3 is 5.32 Å². The smallest absolute Gasteiger partial charge is 0.0375 e. The SMILES string of the molecule is CCNC(CC1CC2CCC1C2)c1ccnc(C)c1. The second-order valence-electron chi connectivity index (χ2n) is 6.51. The zero-order valence-electron chi connectivity index (χ0n) is 12.2. The van der Waals surface area contributed by atoms with Gasteiger partial charge in [0.15, 0.2) is 0 Å². The van der Waals surface area contributed by atoms with E-state index in [0.29, 0.717) is 6.04 Å². The van der Waals surface area contributed by atoms with Gasteiger partial charge in [0.25, 0.3) is 0 Å². The van der Waals surface area contributed by atoms with Gasteiger partial charge in [0, 0.05) is 17.9 Å². The zero-order valence-corrected chi connectivity index (χ0v) is 12.2. The van der Waals surface area contributed by atoms with E-state index in [1.54, 1.807) is 0 Å². The predicted octanol–water partition coefficient (Wildman–Crippen LogP) is 3.87. The number of nitrogens with one attached hydrogen (secondary N) is 1. The average Bonchev–Trinajstić information content (AvgIpc) is 3.00. The van der Waals surface area contributed by atoms with Crippen LogP contribution in [0.2, 0.25) is 0 Å². The third kappa shape index (κ3) is 2.84. The molecule has 19 heavy (non-hydrogen) atoms. The van der Waals surface area contributed by atoms with Gasteiger partial charge in [-0.1, -0.05) is 13.3 Å². The van der Waals surface area contributed by atoms with Crippen molar-refractivity contribution >= 4 is 0 Å². The molecule has 2 heteroatoms. The van der Waals surface area contributed by atoms with Gasteiger partial charge in [-0.15, -0.1) is 0 Å². The van der Waals surface area contributed by atoms with E-state index in [4.69, 9.17) is 0 Å². The molecule has 1 aromatic rings. The lowest BCUT2D eigenvalue weighted by Gasteiger charge is -2.27. The second kappa shape index (κ2) is 5.62. The number of hydrogen-bond acceptors (Lipinski definition) is 2. The van der Waals surface area contributed by atoms with Crippen LogP contribution in [0.15, 0.2) is 18.3 Å². The van der Waals surface area contributed by atoms with Crippen LogP contribution in [-0.2, 0) is 0 Å². The third-order valence-electron chi connectivity index (χ3n) is 5.20. The predicted molar refractivity (Wildman–Crippen MR) is 78.9 cm³/mol. The Balaban J connectivity index is 1.70. The van der Waals surface area contributed by atoms with Crippen LogP contribution in [0.1, 0.15) is 56.3 Å². The first kappa shape index (κ1) is 13.1. The Hall–Kier alpha value is -0.890. The molecule has 4 unspecified atom stereocenters. The van der Waals surface area contributed by atoms with Gasteiger partial charge >= 0.3 is 0 Å². The highest BCUT2D eigenvalue weighted by atomic mass is 14.9. The maximum absolute atomic E-state index is 4.32. The Kier molecular flexibility index (Phi) is 3.88. The first-order valence-electron chi connectivity index (χ1n) is 7.92. The highest BCUT2D eigenvalue weighted by Gasteiger charge is 2.40. The van der Waals surface area contributed by atoms with Crippen molar-refractivity contribution in [1.82, 2.24) is 10.3 Å². The number of nitrogens with zero attached hydrogens (tertiary/aromatic N) is 1. The van der Waals surface area contributed by atoms with Crippen LogP contribution in [0.3, 0.4) is 0 Å². The topological polar surface area (TPSA) is 24.9 Å². The summed E-state index contributed by atoms with van der Waals surface area (Å²) in [5.41, 5.74) is 2.56. The van der Waals surface area contributed by atoms with Crippen molar-refractivity contribution in [1.29, 1.82) is 0 Å². The molecule has 0 saturated heterocycles. The molecule has 1 N–H and O–H groups in total. The molecule has 0 aliphatic heterocycles. The Morgan fingerprint density at radius 1 is 1.37 bits per heavy atom. The summed E-state index contributed by atoms with van der Waals surface area (Å²) in [6.45, 7) is 5.35. The lowest BCUT2D eigenvalue weighted by Crippen LogP contribution is -2.25. The van der Waals surface area contributed by atoms with E-state index in [-0.39, 0.29) is 0 Å². The van der Waals surface area contributed by atoms with E-state index in [1.807, 2.05) is 6.20 Å². The van der Waals surface area contributed by atoms with Gasteiger partial charge in [-0.25, -0.2) is 0 Å². The minimum atomic E-state index is 0.524. The van der Waals surface area contributed by atoms with Crippen LogP contribution < -0.4 is 5.32 Å². The maximum atomic E-state index is 4.32. The average molecular weight is 258 g/mol. The summed E-state index contributed by atoms with van der Waals surface area (Å²) in [5.74, 6) is 3.03. The van der Waals surface area contributed by atoms with E-state index in [1.165, 1.54) is 37.7 Å². The van der Waals surface area contributed by atoms with Gasteiger partial charge in [0.05, 0.1) is 0 Å². The lowest BCUT2D eigenvalue weighted by molar-refractivity contribution is 0.280. The molecule has 2 fully saturated rings. The second-order valence-corrected chi connectivity index (χ2v) is 6.51. The molecule has 0 spiro atoms. The fraction of sp³-hybridized carbons (Fsp3) is 0.706. The molecule has 104 valence electrons. The molecule has 1 aromatic heterocycles. The van der Waals surface area contributed by atoms with Gasteiger partial charge in [-0.3, -0.25) is 4.98 Å². The molecule has 0 aromatic carbocycles. The van der Waals surface area contributed by atoms with Gasteiger partial charge in [-0.2, -0.15) is 0 Å². The van der Waals surface area contributed by atoms with Crippen LogP contribution in [0, 0.1) is 24.7 Å². The largest absolute Gasteiger partial charge is 0.310 e. The lowest BCUT2D eigenvalue weighted by atomic mass is 9.83. The molecule has 2 bridgehead atoms. The Morgan fingerprint density at radius 3 is 2.89 bits per heavy atom. The van der Waals surface area contributed by atoms with Crippen molar-refractivity contribution in [2.24, 2.45) is 17.8 Å². The van der Waals surface area contributed by atoms with Crippen molar-refractivity contribution in [2.45, 2.75) is 52.0 Å².